The lowest BCUT2D eigenvalue weighted by molar-refractivity contribution is 0.469. The van der Waals surface area contributed by atoms with Crippen LogP contribution < -0.4 is 0 Å². The third-order valence-corrected chi connectivity index (χ3v) is 4.45. The standard InChI is InChI=1S/C9H17NO2S/c1-4-13(11,12)10-6-5-9(7-10)8(2)3/h9H,2,4-7H2,1,3H3. The van der Waals surface area contributed by atoms with E-state index in [1.165, 1.54) is 0 Å². The molecule has 0 aromatic heterocycles. The summed E-state index contributed by atoms with van der Waals surface area (Å²) in [5.41, 5.74) is 1.09. The quantitative estimate of drug-likeness (QED) is 0.647. The maximum Gasteiger partial charge on any atom is 0.213 e. The van der Waals surface area contributed by atoms with Gasteiger partial charge in [-0.2, -0.15) is 0 Å². The van der Waals surface area contributed by atoms with Gasteiger partial charge in [-0.15, -0.1) is 0 Å². The second kappa shape index (κ2) is 3.80. The number of nitrogens with zero attached hydrogens (tertiary/aromatic N) is 1. The van der Waals surface area contributed by atoms with Crippen LogP contribution in [0.5, 0.6) is 0 Å². The first-order chi connectivity index (χ1) is 5.97. The van der Waals surface area contributed by atoms with Gasteiger partial charge in [0, 0.05) is 13.1 Å². The molecule has 0 aromatic rings. The van der Waals surface area contributed by atoms with Gasteiger partial charge in [0.2, 0.25) is 10.0 Å². The van der Waals surface area contributed by atoms with Crippen LogP contribution in [0.2, 0.25) is 0 Å². The van der Waals surface area contributed by atoms with Crippen molar-refractivity contribution >= 4 is 10.0 Å². The van der Waals surface area contributed by atoms with Crippen LogP contribution in [0.25, 0.3) is 0 Å². The van der Waals surface area contributed by atoms with Gasteiger partial charge < -0.3 is 0 Å². The van der Waals surface area contributed by atoms with E-state index in [2.05, 4.69) is 6.58 Å². The molecule has 0 bridgehead atoms. The zero-order chi connectivity index (χ0) is 10.1. The van der Waals surface area contributed by atoms with Gasteiger partial charge >= 0.3 is 0 Å². The Morgan fingerprint density at radius 3 is 2.62 bits per heavy atom. The van der Waals surface area contributed by atoms with Gasteiger partial charge in [-0.3, -0.25) is 0 Å². The number of sulfonamides is 1. The van der Waals surface area contributed by atoms with E-state index < -0.39 is 10.0 Å². The van der Waals surface area contributed by atoms with E-state index in [0.717, 1.165) is 12.0 Å². The lowest BCUT2D eigenvalue weighted by Gasteiger charge is -2.14. The average Bonchev–Trinajstić information content (AvgIpc) is 2.52. The van der Waals surface area contributed by atoms with E-state index in [1.807, 2.05) is 6.92 Å². The molecule has 0 spiro atoms. The van der Waals surface area contributed by atoms with Gasteiger partial charge in [-0.1, -0.05) is 12.2 Å². The van der Waals surface area contributed by atoms with E-state index >= 15 is 0 Å². The Bertz CT molecular complexity index is 295. The number of rotatable bonds is 3. The van der Waals surface area contributed by atoms with Crippen molar-refractivity contribution in [3.63, 3.8) is 0 Å². The SMILES string of the molecule is C=C(C)C1CCN(S(=O)(=O)CC)C1. The Balaban J connectivity index is 2.65. The fourth-order valence-corrected chi connectivity index (χ4v) is 2.72. The van der Waals surface area contributed by atoms with Crippen molar-refractivity contribution in [3.05, 3.63) is 12.2 Å². The van der Waals surface area contributed by atoms with Crippen molar-refractivity contribution in [3.8, 4) is 0 Å². The van der Waals surface area contributed by atoms with E-state index in [0.29, 0.717) is 19.0 Å². The van der Waals surface area contributed by atoms with Gasteiger partial charge in [0.25, 0.3) is 0 Å². The molecular weight excluding hydrogens is 186 g/mol. The van der Waals surface area contributed by atoms with Crippen molar-refractivity contribution in [2.45, 2.75) is 20.3 Å². The summed E-state index contributed by atoms with van der Waals surface area (Å²) in [5, 5.41) is 0. The lowest BCUT2D eigenvalue weighted by atomic mass is 10.0. The van der Waals surface area contributed by atoms with E-state index in [4.69, 9.17) is 0 Å². The van der Waals surface area contributed by atoms with Crippen LogP contribution >= 0.6 is 0 Å². The van der Waals surface area contributed by atoms with Crippen molar-refractivity contribution in [2.24, 2.45) is 5.92 Å². The van der Waals surface area contributed by atoms with Crippen molar-refractivity contribution in [1.29, 1.82) is 0 Å². The maximum absolute atomic E-state index is 11.5. The molecule has 1 aliphatic rings. The largest absolute Gasteiger partial charge is 0.213 e. The Morgan fingerprint density at radius 1 is 1.62 bits per heavy atom. The van der Waals surface area contributed by atoms with E-state index in [1.54, 1.807) is 11.2 Å². The predicted molar refractivity (Wildman–Crippen MR) is 54.0 cm³/mol. The Hall–Kier alpha value is -0.350. The second-order valence-electron chi connectivity index (χ2n) is 3.59. The average molecular weight is 203 g/mol. The van der Waals surface area contributed by atoms with Crippen LogP contribution in [0.3, 0.4) is 0 Å². The lowest BCUT2D eigenvalue weighted by Crippen LogP contribution is -2.30. The molecule has 1 unspecified atom stereocenters. The molecule has 1 atom stereocenters. The van der Waals surface area contributed by atoms with Gasteiger partial charge in [-0.05, 0) is 26.2 Å². The van der Waals surface area contributed by atoms with Gasteiger partial charge in [0.1, 0.15) is 0 Å². The van der Waals surface area contributed by atoms with Crippen LogP contribution in [0.1, 0.15) is 20.3 Å². The zero-order valence-corrected chi connectivity index (χ0v) is 9.10. The molecule has 0 radical (unpaired) electrons. The molecule has 0 aliphatic carbocycles. The highest BCUT2D eigenvalue weighted by Crippen LogP contribution is 2.24. The molecule has 1 aliphatic heterocycles. The summed E-state index contributed by atoms with van der Waals surface area (Å²) in [5.74, 6) is 0.567. The molecule has 3 nitrogen and oxygen atoms in total. The normalized spacial score (nSPS) is 24.9. The fourth-order valence-electron chi connectivity index (χ4n) is 1.57. The Kier molecular flexibility index (Phi) is 3.14. The second-order valence-corrected chi connectivity index (χ2v) is 5.85. The molecule has 0 saturated carbocycles. The summed E-state index contributed by atoms with van der Waals surface area (Å²) in [7, 11) is -2.97. The molecule has 1 heterocycles. The summed E-state index contributed by atoms with van der Waals surface area (Å²) >= 11 is 0. The molecule has 76 valence electrons. The summed E-state index contributed by atoms with van der Waals surface area (Å²) in [6.07, 6.45) is 0.925. The van der Waals surface area contributed by atoms with Crippen molar-refractivity contribution in [2.75, 3.05) is 18.8 Å². The fraction of sp³-hybridized carbons (Fsp3) is 0.778. The third-order valence-electron chi connectivity index (χ3n) is 2.61. The minimum Gasteiger partial charge on any atom is -0.212 e. The Morgan fingerprint density at radius 2 is 2.23 bits per heavy atom. The first-order valence-electron chi connectivity index (χ1n) is 4.60. The maximum atomic E-state index is 11.5. The van der Waals surface area contributed by atoms with Gasteiger partial charge in [0.05, 0.1) is 5.75 Å². The summed E-state index contributed by atoms with van der Waals surface area (Å²) in [4.78, 5) is 0. The molecule has 0 amide bonds. The molecule has 4 heteroatoms. The van der Waals surface area contributed by atoms with Crippen LogP contribution in [0.4, 0.5) is 0 Å². The highest BCUT2D eigenvalue weighted by molar-refractivity contribution is 7.89. The molecule has 1 fully saturated rings. The summed E-state index contributed by atoms with van der Waals surface area (Å²) in [6.45, 7) is 8.80. The van der Waals surface area contributed by atoms with E-state index in [9.17, 15) is 8.42 Å². The van der Waals surface area contributed by atoms with Gasteiger partial charge in [0.15, 0.2) is 0 Å². The third kappa shape index (κ3) is 2.31. The topological polar surface area (TPSA) is 37.4 Å². The molecule has 13 heavy (non-hydrogen) atoms. The minimum atomic E-state index is -2.97. The monoisotopic (exact) mass is 203 g/mol. The summed E-state index contributed by atoms with van der Waals surface area (Å²) in [6, 6.07) is 0. The first-order valence-corrected chi connectivity index (χ1v) is 6.21. The smallest absolute Gasteiger partial charge is 0.212 e. The minimum absolute atomic E-state index is 0.204. The highest BCUT2D eigenvalue weighted by atomic mass is 32.2. The molecular formula is C9H17NO2S. The van der Waals surface area contributed by atoms with E-state index in [-0.39, 0.29) is 5.75 Å². The molecule has 1 saturated heterocycles. The zero-order valence-electron chi connectivity index (χ0n) is 8.28. The van der Waals surface area contributed by atoms with Gasteiger partial charge in [-0.25, -0.2) is 12.7 Å². The van der Waals surface area contributed by atoms with Crippen LogP contribution in [-0.4, -0.2) is 31.6 Å². The highest BCUT2D eigenvalue weighted by Gasteiger charge is 2.30. The van der Waals surface area contributed by atoms with Crippen LogP contribution in [0.15, 0.2) is 12.2 Å². The molecule has 1 rings (SSSR count). The Labute approximate surface area is 80.5 Å². The van der Waals surface area contributed by atoms with Crippen LogP contribution in [0, 0.1) is 5.92 Å². The number of hydrogen-bond acceptors (Lipinski definition) is 2. The first kappa shape index (κ1) is 10.7. The molecule has 0 aromatic carbocycles. The molecule has 0 N–H and O–H groups in total. The number of hydrogen-bond donors (Lipinski definition) is 0. The predicted octanol–water partition coefficient (Wildman–Crippen LogP) is 1.23. The van der Waals surface area contributed by atoms with Crippen molar-refractivity contribution < 1.29 is 8.42 Å². The van der Waals surface area contributed by atoms with Crippen LogP contribution in [-0.2, 0) is 10.0 Å². The van der Waals surface area contributed by atoms with Crippen molar-refractivity contribution in [1.82, 2.24) is 4.31 Å². The summed E-state index contributed by atoms with van der Waals surface area (Å²) < 4.78 is 24.5.